The Labute approximate surface area is 102 Å². The number of aryl methyl sites for hydroxylation is 1. The molecule has 0 aliphatic rings. The Morgan fingerprint density at radius 2 is 1.88 bits per heavy atom. The number of anilines is 1. The third-order valence-electron chi connectivity index (χ3n) is 1.73. The summed E-state index contributed by atoms with van der Waals surface area (Å²) in [5, 5.41) is 12.8. The average molecular weight is 233 g/mol. The lowest BCUT2D eigenvalue weighted by Crippen LogP contribution is -2.00. The highest BCUT2D eigenvalue weighted by Crippen LogP contribution is 2.12. The van der Waals surface area contributed by atoms with Crippen molar-refractivity contribution in [3.63, 3.8) is 0 Å². The van der Waals surface area contributed by atoms with Crippen LogP contribution in [-0.2, 0) is 0 Å². The highest BCUT2D eigenvalue weighted by Gasteiger charge is 2.06. The number of rotatable bonds is 0. The molecule has 2 aromatic rings. The van der Waals surface area contributed by atoms with Gasteiger partial charge >= 0.3 is 0 Å². The standard InChI is InChI=1S/C8H7N5.2C2H6/c1-5-2-7(10)8-11-4-6(3-9)13(8)12-5;2*1-2/h2,4H,10H2,1H3;2*1-2H3. The summed E-state index contributed by atoms with van der Waals surface area (Å²) in [7, 11) is 0. The van der Waals surface area contributed by atoms with E-state index in [-0.39, 0.29) is 0 Å². The van der Waals surface area contributed by atoms with Gasteiger partial charge in [0.25, 0.3) is 0 Å². The van der Waals surface area contributed by atoms with E-state index in [4.69, 9.17) is 11.0 Å². The average Bonchev–Trinajstić information content (AvgIpc) is 2.77. The van der Waals surface area contributed by atoms with Crippen molar-refractivity contribution < 1.29 is 0 Å². The van der Waals surface area contributed by atoms with Gasteiger partial charge in [0.2, 0.25) is 0 Å². The van der Waals surface area contributed by atoms with E-state index in [2.05, 4.69) is 10.1 Å². The van der Waals surface area contributed by atoms with Crippen LogP contribution in [0.1, 0.15) is 39.1 Å². The Bertz CT molecular complexity index is 507. The fourth-order valence-corrected chi connectivity index (χ4v) is 1.20. The van der Waals surface area contributed by atoms with Crippen LogP contribution in [0.2, 0.25) is 0 Å². The largest absolute Gasteiger partial charge is 0.396 e. The minimum Gasteiger partial charge on any atom is -0.396 e. The Balaban J connectivity index is 0.000000581. The summed E-state index contributed by atoms with van der Waals surface area (Å²) in [6.07, 6.45) is 1.46. The molecule has 0 saturated carbocycles. The third kappa shape index (κ3) is 3.18. The van der Waals surface area contributed by atoms with Crippen LogP contribution in [0, 0.1) is 18.3 Å². The summed E-state index contributed by atoms with van der Waals surface area (Å²) in [5.41, 5.74) is 7.92. The van der Waals surface area contributed by atoms with Crippen LogP contribution in [0.25, 0.3) is 5.65 Å². The molecule has 0 aromatic carbocycles. The summed E-state index contributed by atoms with van der Waals surface area (Å²) in [4.78, 5) is 3.98. The molecule has 0 aliphatic carbocycles. The maximum atomic E-state index is 8.71. The van der Waals surface area contributed by atoms with Gasteiger partial charge in [-0.25, -0.2) is 9.50 Å². The molecule has 0 fully saturated rings. The molecular formula is C12H19N5. The van der Waals surface area contributed by atoms with Crippen molar-refractivity contribution in [2.75, 3.05) is 5.73 Å². The van der Waals surface area contributed by atoms with Crippen molar-refractivity contribution >= 4 is 11.3 Å². The molecule has 2 rings (SSSR count). The Morgan fingerprint density at radius 1 is 1.29 bits per heavy atom. The molecule has 2 N–H and O–H groups in total. The smallest absolute Gasteiger partial charge is 0.178 e. The van der Waals surface area contributed by atoms with Gasteiger partial charge in [-0.1, -0.05) is 27.7 Å². The second-order valence-electron chi connectivity index (χ2n) is 2.73. The van der Waals surface area contributed by atoms with Crippen molar-refractivity contribution in [2.24, 2.45) is 0 Å². The SMILES string of the molecule is CC.CC.Cc1cc(N)c2ncc(C#N)n2n1. The van der Waals surface area contributed by atoms with E-state index in [9.17, 15) is 0 Å². The molecular weight excluding hydrogens is 214 g/mol. The molecule has 0 radical (unpaired) electrons. The molecule has 2 heterocycles. The van der Waals surface area contributed by atoms with Crippen LogP contribution in [0.15, 0.2) is 12.3 Å². The number of aromatic nitrogens is 3. The summed E-state index contributed by atoms with van der Waals surface area (Å²) < 4.78 is 1.45. The molecule has 5 nitrogen and oxygen atoms in total. The van der Waals surface area contributed by atoms with Gasteiger partial charge in [0, 0.05) is 0 Å². The van der Waals surface area contributed by atoms with Gasteiger partial charge in [0.05, 0.1) is 17.6 Å². The lowest BCUT2D eigenvalue weighted by Gasteiger charge is -1.98. The molecule has 17 heavy (non-hydrogen) atoms. The maximum absolute atomic E-state index is 8.71. The normalized spacial score (nSPS) is 8.47. The van der Waals surface area contributed by atoms with Crippen molar-refractivity contribution in [1.82, 2.24) is 14.6 Å². The van der Waals surface area contributed by atoms with Gasteiger partial charge < -0.3 is 5.73 Å². The van der Waals surface area contributed by atoms with Crippen LogP contribution in [-0.4, -0.2) is 14.6 Å². The zero-order chi connectivity index (χ0) is 13.4. The first-order valence-electron chi connectivity index (χ1n) is 5.73. The lowest BCUT2D eigenvalue weighted by atomic mass is 10.4. The number of nitriles is 1. The van der Waals surface area contributed by atoms with Crippen molar-refractivity contribution in [3.05, 3.63) is 23.7 Å². The molecule has 92 valence electrons. The Hall–Kier alpha value is -2.09. The van der Waals surface area contributed by atoms with Gasteiger partial charge in [-0.05, 0) is 13.0 Å². The van der Waals surface area contributed by atoms with E-state index < -0.39 is 0 Å². The number of hydrogen-bond donors (Lipinski definition) is 1. The molecule has 0 spiro atoms. The number of imidazole rings is 1. The van der Waals surface area contributed by atoms with Gasteiger partial charge in [-0.15, -0.1) is 0 Å². The number of hydrogen-bond acceptors (Lipinski definition) is 4. The first-order chi connectivity index (χ1) is 8.22. The molecule has 5 heteroatoms. The molecule has 0 bridgehead atoms. The van der Waals surface area contributed by atoms with Crippen LogP contribution >= 0.6 is 0 Å². The van der Waals surface area contributed by atoms with Crippen LogP contribution in [0.3, 0.4) is 0 Å². The Kier molecular flexibility index (Phi) is 6.34. The first-order valence-corrected chi connectivity index (χ1v) is 5.73. The second kappa shape index (κ2) is 7.23. The van der Waals surface area contributed by atoms with Crippen LogP contribution in [0.5, 0.6) is 0 Å². The number of nitrogens with two attached hydrogens (primary N) is 1. The minimum absolute atomic E-state index is 0.394. The zero-order valence-corrected chi connectivity index (χ0v) is 11.0. The molecule has 0 aliphatic heterocycles. The summed E-state index contributed by atoms with van der Waals surface area (Å²) in [6, 6.07) is 3.71. The fourth-order valence-electron chi connectivity index (χ4n) is 1.20. The highest BCUT2D eigenvalue weighted by atomic mass is 15.3. The first kappa shape index (κ1) is 14.9. The molecule has 0 amide bonds. The zero-order valence-electron chi connectivity index (χ0n) is 11.0. The minimum atomic E-state index is 0.394. The lowest BCUT2D eigenvalue weighted by molar-refractivity contribution is 0.890. The van der Waals surface area contributed by atoms with E-state index in [1.165, 1.54) is 10.7 Å². The van der Waals surface area contributed by atoms with Gasteiger partial charge in [0.15, 0.2) is 11.3 Å². The number of fused-ring (bicyclic) bond motifs is 1. The summed E-state index contributed by atoms with van der Waals surface area (Å²) in [5.74, 6) is 0. The Morgan fingerprint density at radius 3 is 2.41 bits per heavy atom. The van der Waals surface area contributed by atoms with E-state index in [1.54, 1.807) is 6.07 Å². The topological polar surface area (TPSA) is 80.0 Å². The molecule has 0 atom stereocenters. The predicted octanol–water partition coefficient (Wildman–Crippen LogP) is 2.54. The fraction of sp³-hybridized carbons (Fsp3) is 0.417. The molecule has 0 unspecified atom stereocenters. The third-order valence-corrected chi connectivity index (χ3v) is 1.73. The van der Waals surface area contributed by atoms with E-state index in [1.807, 2.05) is 40.7 Å². The highest BCUT2D eigenvalue weighted by molar-refractivity contribution is 5.65. The van der Waals surface area contributed by atoms with Gasteiger partial charge in [0.1, 0.15) is 6.07 Å². The maximum Gasteiger partial charge on any atom is 0.178 e. The molecule has 2 aromatic heterocycles. The van der Waals surface area contributed by atoms with E-state index in [0.29, 0.717) is 17.0 Å². The van der Waals surface area contributed by atoms with Crippen molar-refractivity contribution in [1.29, 1.82) is 5.26 Å². The van der Waals surface area contributed by atoms with E-state index >= 15 is 0 Å². The summed E-state index contributed by atoms with van der Waals surface area (Å²) >= 11 is 0. The predicted molar refractivity (Wildman–Crippen MR) is 69.5 cm³/mol. The van der Waals surface area contributed by atoms with Crippen molar-refractivity contribution in [3.8, 4) is 6.07 Å². The van der Waals surface area contributed by atoms with Crippen LogP contribution < -0.4 is 5.73 Å². The van der Waals surface area contributed by atoms with Crippen LogP contribution in [0.4, 0.5) is 5.69 Å². The quantitative estimate of drug-likeness (QED) is 0.758. The monoisotopic (exact) mass is 233 g/mol. The van der Waals surface area contributed by atoms with Crippen molar-refractivity contribution in [2.45, 2.75) is 34.6 Å². The number of nitrogens with zero attached hydrogens (tertiary/aromatic N) is 4. The number of nitrogen functional groups attached to an aromatic ring is 1. The van der Waals surface area contributed by atoms with Gasteiger partial charge in [-0.3, -0.25) is 0 Å². The molecule has 0 saturated heterocycles. The van der Waals surface area contributed by atoms with E-state index in [0.717, 1.165) is 5.69 Å². The second-order valence-corrected chi connectivity index (χ2v) is 2.73. The van der Waals surface area contributed by atoms with Gasteiger partial charge in [-0.2, -0.15) is 10.4 Å². The summed E-state index contributed by atoms with van der Waals surface area (Å²) in [6.45, 7) is 9.82.